The molecule has 0 saturated carbocycles. The van der Waals surface area contributed by atoms with Crippen LogP contribution < -0.4 is 12.4 Å². The van der Waals surface area contributed by atoms with Crippen molar-refractivity contribution in [2.75, 3.05) is 20.6 Å². The van der Waals surface area contributed by atoms with Crippen LogP contribution in [0.5, 0.6) is 0 Å². The molecule has 7 heavy (non-hydrogen) atoms. The summed E-state index contributed by atoms with van der Waals surface area (Å²) in [6.07, 6.45) is 0. The number of hydrogen-bond donors (Lipinski definition) is 0. The topological polar surface area (TPSA) is 3.24 Å². The molecule has 0 N–H and O–H groups in total. The molecule has 3 heteroatoms. The van der Waals surface area contributed by atoms with Gasteiger partial charge in [0.25, 0.3) is 0 Å². The van der Waals surface area contributed by atoms with Gasteiger partial charge in [-0.25, -0.2) is 0 Å². The van der Waals surface area contributed by atoms with Crippen molar-refractivity contribution in [2.45, 2.75) is 0 Å². The van der Waals surface area contributed by atoms with Gasteiger partial charge in [-0.2, -0.15) is 0 Å². The molecule has 0 aliphatic carbocycles. The summed E-state index contributed by atoms with van der Waals surface area (Å²) in [5.41, 5.74) is 0. The predicted molar refractivity (Wildman–Crippen MR) is 29.7 cm³/mol. The fraction of sp³-hybridized carbons (Fsp3) is 0.750. The molecular weight excluding hydrogens is 122 g/mol. The van der Waals surface area contributed by atoms with Crippen LogP contribution in [0, 0.1) is 6.92 Å². The predicted octanol–water partition coefficient (Wildman–Crippen LogP) is -2.99. The molecule has 40 valence electrons. The summed E-state index contributed by atoms with van der Waals surface area (Å²) in [4.78, 5) is 2.01. The average Bonchev–Trinajstić information content (AvgIpc) is 1.38. The van der Waals surface area contributed by atoms with E-state index in [1.54, 1.807) is 0 Å². The Morgan fingerprint density at radius 2 is 1.57 bits per heavy atom. The maximum atomic E-state index is 3.61. The Morgan fingerprint density at radius 3 is 1.57 bits per heavy atom. The maximum absolute atomic E-state index is 3.61. The van der Waals surface area contributed by atoms with E-state index in [4.69, 9.17) is 0 Å². The SMILES string of the molecule is [CH2-]CN(C)C.[Cl-].[Mg+2]. The molecule has 0 aromatic carbocycles. The van der Waals surface area contributed by atoms with Crippen LogP contribution in [0.25, 0.3) is 0 Å². The molecule has 0 aromatic heterocycles. The van der Waals surface area contributed by atoms with Crippen LogP contribution in [0.3, 0.4) is 0 Å². The van der Waals surface area contributed by atoms with Crippen molar-refractivity contribution in [3.8, 4) is 0 Å². The first-order valence-corrected chi connectivity index (χ1v) is 1.71. The molecule has 0 aromatic rings. The summed E-state index contributed by atoms with van der Waals surface area (Å²) >= 11 is 0. The summed E-state index contributed by atoms with van der Waals surface area (Å²) in [5, 5.41) is 0. The zero-order valence-corrected chi connectivity index (χ0v) is 7.12. The van der Waals surface area contributed by atoms with Crippen LogP contribution in [-0.2, 0) is 0 Å². The Bertz CT molecular complexity index is 25.7. The Labute approximate surface area is 68.0 Å². The van der Waals surface area contributed by atoms with Gasteiger partial charge >= 0.3 is 23.1 Å². The first kappa shape index (κ1) is 15.7. The first-order chi connectivity index (χ1) is 2.27. The van der Waals surface area contributed by atoms with Crippen molar-refractivity contribution < 1.29 is 12.4 Å². The van der Waals surface area contributed by atoms with Gasteiger partial charge in [-0.15, -0.1) is 6.54 Å². The number of nitrogens with zero attached hydrogens (tertiary/aromatic N) is 1. The van der Waals surface area contributed by atoms with E-state index in [0.717, 1.165) is 6.54 Å². The van der Waals surface area contributed by atoms with Gasteiger partial charge in [-0.05, 0) is 14.1 Å². The van der Waals surface area contributed by atoms with E-state index in [9.17, 15) is 0 Å². The van der Waals surface area contributed by atoms with E-state index in [-0.39, 0.29) is 35.5 Å². The molecule has 0 bridgehead atoms. The minimum Gasteiger partial charge on any atom is -1.00 e. The number of hydrogen-bond acceptors (Lipinski definition) is 1. The van der Waals surface area contributed by atoms with Crippen molar-refractivity contribution in [1.82, 2.24) is 4.90 Å². The zero-order chi connectivity index (χ0) is 4.28. The summed E-state index contributed by atoms with van der Waals surface area (Å²) in [6.45, 7) is 4.50. The van der Waals surface area contributed by atoms with Crippen LogP contribution >= 0.6 is 0 Å². The van der Waals surface area contributed by atoms with Gasteiger partial charge < -0.3 is 24.2 Å². The number of rotatable bonds is 1. The van der Waals surface area contributed by atoms with Crippen LogP contribution in [0.4, 0.5) is 0 Å². The summed E-state index contributed by atoms with van der Waals surface area (Å²) < 4.78 is 0. The molecule has 0 aliphatic rings. The molecule has 0 heterocycles. The molecule has 0 saturated heterocycles. The van der Waals surface area contributed by atoms with E-state index in [1.807, 2.05) is 19.0 Å². The van der Waals surface area contributed by atoms with Gasteiger partial charge in [0.1, 0.15) is 0 Å². The largest absolute Gasteiger partial charge is 2.00 e. The molecule has 0 radical (unpaired) electrons. The Hall–Kier alpha value is 1.02. The van der Waals surface area contributed by atoms with Gasteiger partial charge in [0, 0.05) is 0 Å². The zero-order valence-electron chi connectivity index (χ0n) is 4.95. The minimum absolute atomic E-state index is 0. The van der Waals surface area contributed by atoms with Crippen molar-refractivity contribution in [3.63, 3.8) is 0 Å². The van der Waals surface area contributed by atoms with Gasteiger partial charge in [0.15, 0.2) is 0 Å². The normalized spacial score (nSPS) is 6.86. The van der Waals surface area contributed by atoms with Crippen molar-refractivity contribution in [2.24, 2.45) is 0 Å². The van der Waals surface area contributed by atoms with Crippen LogP contribution in [0.1, 0.15) is 0 Å². The van der Waals surface area contributed by atoms with Crippen molar-refractivity contribution in [1.29, 1.82) is 0 Å². The molecule has 0 unspecified atom stereocenters. The standard InChI is InChI=1S/C4H10N.ClH.Mg/c1-4-5(2)3;;/h1,4H2,2-3H3;1H;/q-1;;+2/p-1. The van der Waals surface area contributed by atoms with Gasteiger partial charge in [0.05, 0.1) is 0 Å². The number of halogens is 1. The molecule has 0 amide bonds. The van der Waals surface area contributed by atoms with E-state index < -0.39 is 0 Å². The molecular formula is C4H10ClMgN. The summed E-state index contributed by atoms with van der Waals surface area (Å²) in [7, 11) is 3.99. The smallest absolute Gasteiger partial charge is 1.00 e. The van der Waals surface area contributed by atoms with Gasteiger partial charge in [0.2, 0.25) is 0 Å². The van der Waals surface area contributed by atoms with Crippen LogP contribution in [-0.4, -0.2) is 48.6 Å². The molecule has 0 fully saturated rings. The van der Waals surface area contributed by atoms with Crippen molar-refractivity contribution in [3.05, 3.63) is 6.92 Å². The Morgan fingerprint density at radius 1 is 1.43 bits per heavy atom. The third kappa shape index (κ3) is 19.4. The third-order valence-corrected chi connectivity index (χ3v) is 0.447. The first-order valence-electron chi connectivity index (χ1n) is 1.71. The molecule has 0 rings (SSSR count). The van der Waals surface area contributed by atoms with E-state index in [1.165, 1.54) is 0 Å². The van der Waals surface area contributed by atoms with E-state index >= 15 is 0 Å². The summed E-state index contributed by atoms with van der Waals surface area (Å²) in [6, 6.07) is 0. The van der Waals surface area contributed by atoms with Crippen molar-refractivity contribution >= 4 is 23.1 Å². The van der Waals surface area contributed by atoms with Crippen LogP contribution in [0.2, 0.25) is 0 Å². The van der Waals surface area contributed by atoms with E-state index in [2.05, 4.69) is 6.92 Å². The quantitative estimate of drug-likeness (QED) is 0.271. The fourth-order valence-corrected chi connectivity index (χ4v) is 0. The maximum Gasteiger partial charge on any atom is 2.00 e. The third-order valence-electron chi connectivity index (χ3n) is 0.447. The second-order valence-electron chi connectivity index (χ2n) is 1.30. The monoisotopic (exact) mass is 131 g/mol. The van der Waals surface area contributed by atoms with Gasteiger partial charge in [-0.1, -0.05) is 0 Å². The van der Waals surface area contributed by atoms with Gasteiger partial charge in [-0.3, -0.25) is 0 Å². The molecule has 0 spiro atoms. The molecule has 1 nitrogen and oxygen atoms in total. The Kier molecular flexibility index (Phi) is 22.6. The molecule has 0 atom stereocenters. The average molecular weight is 132 g/mol. The fourth-order valence-electron chi connectivity index (χ4n) is 0. The second kappa shape index (κ2) is 10.1. The second-order valence-corrected chi connectivity index (χ2v) is 1.30. The molecule has 0 aliphatic heterocycles. The summed E-state index contributed by atoms with van der Waals surface area (Å²) in [5.74, 6) is 0. The minimum atomic E-state index is 0. The Balaban J connectivity index is -0.0000000800. The van der Waals surface area contributed by atoms with E-state index in [0.29, 0.717) is 0 Å². The van der Waals surface area contributed by atoms with Crippen LogP contribution in [0.15, 0.2) is 0 Å².